The molecule has 1 N–H and O–H groups in total. The summed E-state index contributed by atoms with van der Waals surface area (Å²) < 4.78 is 0. The minimum absolute atomic E-state index is 0.0736. The van der Waals surface area contributed by atoms with E-state index in [-0.39, 0.29) is 18.2 Å². The number of hydrogen-bond acceptors (Lipinski definition) is 3. The van der Waals surface area contributed by atoms with E-state index in [2.05, 4.69) is 24.1 Å². The Kier molecular flexibility index (Phi) is 7.61. The number of rotatable bonds is 8. The van der Waals surface area contributed by atoms with Gasteiger partial charge >= 0.3 is 0 Å². The predicted octanol–water partition coefficient (Wildman–Crippen LogP) is 4.53. The highest BCUT2D eigenvalue weighted by molar-refractivity contribution is 5.95. The van der Waals surface area contributed by atoms with Crippen molar-refractivity contribution < 1.29 is 9.59 Å². The second-order valence-electron chi connectivity index (χ2n) is 6.92. The van der Waals surface area contributed by atoms with Crippen molar-refractivity contribution in [3.63, 3.8) is 0 Å². The molecule has 0 atom stereocenters. The third-order valence-electron chi connectivity index (χ3n) is 4.98. The summed E-state index contributed by atoms with van der Waals surface area (Å²) in [6, 6.07) is 13.9. The first-order chi connectivity index (χ1) is 13.4. The summed E-state index contributed by atoms with van der Waals surface area (Å²) in [5.41, 5.74) is 4.85. The lowest BCUT2D eigenvalue weighted by Crippen LogP contribution is -2.32. The zero-order valence-electron chi connectivity index (χ0n) is 17.6. The Morgan fingerprint density at radius 1 is 0.893 bits per heavy atom. The summed E-state index contributed by atoms with van der Waals surface area (Å²) in [7, 11) is 0. The first kappa shape index (κ1) is 21.5. The zero-order valence-corrected chi connectivity index (χ0v) is 17.6. The molecule has 5 heteroatoms. The topological polar surface area (TPSA) is 52.6 Å². The largest absolute Gasteiger partial charge is 0.372 e. The predicted molar refractivity (Wildman–Crippen MR) is 117 cm³/mol. The fourth-order valence-electron chi connectivity index (χ4n) is 3.33. The van der Waals surface area contributed by atoms with Crippen molar-refractivity contribution in [2.24, 2.45) is 0 Å². The van der Waals surface area contributed by atoms with Crippen molar-refractivity contribution in [1.29, 1.82) is 0 Å². The molecule has 2 aromatic rings. The maximum Gasteiger partial charge on any atom is 0.226 e. The third kappa shape index (κ3) is 5.35. The number of nitrogens with zero attached hydrogens (tertiary/aromatic N) is 2. The lowest BCUT2D eigenvalue weighted by molar-refractivity contribution is -0.117. The summed E-state index contributed by atoms with van der Waals surface area (Å²) in [5.74, 6) is -0.168. The zero-order chi connectivity index (χ0) is 20.7. The lowest BCUT2D eigenvalue weighted by Gasteiger charge is -2.24. The Balaban J connectivity index is 2.05. The molecule has 150 valence electrons. The summed E-state index contributed by atoms with van der Waals surface area (Å²) in [6.45, 7) is 11.9. The van der Waals surface area contributed by atoms with E-state index in [1.165, 1.54) is 6.92 Å². The van der Waals surface area contributed by atoms with Gasteiger partial charge in [-0.05, 0) is 63.1 Å². The lowest BCUT2D eigenvalue weighted by atomic mass is 10.1. The second kappa shape index (κ2) is 9.93. The maximum atomic E-state index is 12.4. The smallest absolute Gasteiger partial charge is 0.226 e. The quantitative estimate of drug-likeness (QED) is 0.731. The summed E-state index contributed by atoms with van der Waals surface area (Å²) >= 11 is 0. The van der Waals surface area contributed by atoms with Crippen LogP contribution >= 0.6 is 0 Å². The van der Waals surface area contributed by atoms with Crippen molar-refractivity contribution in [2.45, 2.75) is 41.0 Å². The number of hydrogen-bond donors (Lipinski definition) is 1. The normalized spacial score (nSPS) is 10.5. The first-order valence-corrected chi connectivity index (χ1v) is 9.86. The van der Waals surface area contributed by atoms with Crippen LogP contribution in [0.2, 0.25) is 0 Å². The molecule has 0 fully saturated rings. The molecular weight excluding hydrogens is 350 g/mol. The summed E-state index contributed by atoms with van der Waals surface area (Å²) in [6.07, 6.45) is 0.241. The minimum atomic E-state index is -0.0941. The van der Waals surface area contributed by atoms with Gasteiger partial charge in [-0.25, -0.2) is 0 Å². The highest BCUT2D eigenvalue weighted by Gasteiger charge is 2.15. The van der Waals surface area contributed by atoms with Crippen molar-refractivity contribution in [3.05, 3.63) is 53.6 Å². The van der Waals surface area contributed by atoms with E-state index in [1.54, 1.807) is 4.90 Å². The van der Waals surface area contributed by atoms with E-state index >= 15 is 0 Å². The molecule has 0 aliphatic carbocycles. The van der Waals surface area contributed by atoms with Crippen LogP contribution in [0.1, 0.15) is 38.3 Å². The van der Waals surface area contributed by atoms with E-state index < -0.39 is 0 Å². The minimum Gasteiger partial charge on any atom is -0.372 e. The molecule has 0 aliphatic rings. The van der Waals surface area contributed by atoms with Crippen LogP contribution in [0.15, 0.2) is 42.5 Å². The molecule has 2 amide bonds. The number of carbonyl (C=O) groups excluding carboxylic acids is 2. The van der Waals surface area contributed by atoms with E-state index in [1.807, 2.05) is 56.3 Å². The maximum absolute atomic E-state index is 12.4. The van der Waals surface area contributed by atoms with Crippen molar-refractivity contribution in [3.8, 4) is 0 Å². The molecule has 28 heavy (non-hydrogen) atoms. The monoisotopic (exact) mass is 381 g/mol. The first-order valence-electron chi connectivity index (χ1n) is 9.86. The Bertz CT molecular complexity index is 791. The SMILES string of the molecule is CCN(CC)c1ccc(N(CCC(=O)Nc2c(C)cccc2C)C(C)=O)cc1. The van der Waals surface area contributed by atoms with Gasteiger partial charge in [0, 0.05) is 50.0 Å². The fourth-order valence-corrected chi connectivity index (χ4v) is 3.33. The average molecular weight is 382 g/mol. The molecule has 2 aromatic carbocycles. The molecule has 0 saturated heterocycles. The second-order valence-corrected chi connectivity index (χ2v) is 6.92. The summed E-state index contributed by atoms with van der Waals surface area (Å²) in [4.78, 5) is 28.5. The van der Waals surface area contributed by atoms with Gasteiger partial charge in [0.1, 0.15) is 0 Å². The molecule has 0 radical (unpaired) electrons. The highest BCUT2D eigenvalue weighted by Crippen LogP contribution is 2.22. The number of carbonyl (C=O) groups is 2. The van der Waals surface area contributed by atoms with Gasteiger partial charge in [-0.1, -0.05) is 18.2 Å². The molecule has 2 rings (SSSR count). The van der Waals surface area contributed by atoms with E-state index in [0.29, 0.717) is 6.54 Å². The standard InChI is InChI=1S/C23H31N3O2/c1-6-25(7-2)20-11-13-21(14-12-20)26(19(5)27)16-15-22(28)24-23-17(3)9-8-10-18(23)4/h8-14H,6-7,15-16H2,1-5H3,(H,24,28). The van der Waals surface area contributed by atoms with Crippen LogP contribution in [0.3, 0.4) is 0 Å². The van der Waals surface area contributed by atoms with Crippen LogP contribution in [-0.2, 0) is 9.59 Å². The number of amides is 2. The molecule has 0 aromatic heterocycles. The average Bonchev–Trinajstić information content (AvgIpc) is 2.67. The van der Waals surface area contributed by atoms with E-state index in [0.717, 1.165) is 41.3 Å². The van der Waals surface area contributed by atoms with E-state index in [9.17, 15) is 9.59 Å². The fraction of sp³-hybridized carbons (Fsp3) is 0.391. The van der Waals surface area contributed by atoms with Gasteiger partial charge in [-0.15, -0.1) is 0 Å². The molecule has 0 heterocycles. The van der Waals surface area contributed by atoms with Gasteiger partial charge < -0.3 is 15.1 Å². The van der Waals surface area contributed by atoms with Crippen LogP contribution < -0.4 is 15.1 Å². The van der Waals surface area contributed by atoms with Gasteiger partial charge in [0.15, 0.2) is 0 Å². The van der Waals surface area contributed by atoms with Gasteiger partial charge in [-0.3, -0.25) is 9.59 Å². The third-order valence-corrected chi connectivity index (χ3v) is 4.98. The molecule has 5 nitrogen and oxygen atoms in total. The molecule has 0 bridgehead atoms. The number of nitrogens with one attached hydrogen (secondary N) is 1. The van der Waals surface area contributed by atoms with Gasteiger partial charge in [0.05, 0.1) is 0 Å². The Labute approximate surface area is 168 Å². The van der Waals surface area contributed by atoms with Crippen LogP contribution in [0.4, 0.5) is 17.1 Å². The van der Waals surface area contributed by atoms with Crippen molar-refractivity contribution >= 4 is 28.9 Å². The van der Waals surface area contributed by atoms with Crippen LogP contribution in [0.25, 0.3) is 0 Å². The Hall–Kier alpha value is -2.82. The Morgan fingerprint density at radius 2 is 1.43 bits per heavy atom. The Morgan fingerprint density at radius 3 is 1.93 bits per heavy atom. The van der Waals surface area contributed by atoms with Crippen LogP contribution in [0.5, 0.6) is 0 Å². The number of aryl methyl sites for hydroxylation is 2. The highest BCUT2D eigenvalue weighted by atomic mass is 16.2. The number of anilines is 3. The molecule has 0 saturated carbocycles. The van der Waals surface area contributed by atoms with Gasteiger partial charge in [0.25, 0.3) is 0 Å². The van der Waals surface area contributed by atoms with Gasteiger partial charge in [0.2, 0.25) is 11.8 Å². The molecule has 0 unspecified atom stereocenters. The number of para-hydroxylation sites is 1. The molecule has 0 spiro atoms. The van der Waals surface area contributed by atoms with E-state index in [4.69, 9.17) is 0 Å². The number of benzene rings is 2. The van der Waals surface area contributed by atoms with Crippen LogP contribution in [0, 0.1) is 13.8 Å². The molecular formula is C23H31N3O2. The van der Waals surface area contributed by atoms with Crippen LogP contribution in [-0.4, -0.2) is 31.4 Å². The summed E-state index contributed by atoms with van der Waals surface area (Å²) in [5, 5.41) is 2.98. The van der Waals surface area contributed by atoms with Crippen molar-refractivity contribution in [1.82, 2.24) is 0 Å². The van der Waals surface area contributed by atoms with Crippen molar-refractivity contribution in [2.75, 3.05) is 34.8 Å². The molecule has 0 aliphatic heterocycles. The van der Waals surface area contributed by atoms with Gasteiger partial charge in [-0.2, -0.15) is 0 Å².